The van der Waals surface area contributed by atoms with Crippen LogP contribution in [0.1, 0.15) is 203 Å². The zero-order valence-electron chi connectivity index (χ0n) is 48.7. The number of hydrogen-bond donors (Lipinski definition) is 0. The number of aromatic nitrogens is 9. The van der Waals surface area contributed by atoms with E-state index in [4.69, 9.17) is 0 Å². The Morgan fingerprint density at radius 3 is 1.13 bits per heavy atom. The van der Waals surface area contributed by atoms with Crippen LogP contribution in [0, 0.1) is 0 Å². The molecule has 0 spiro atoms. The number of fused-ring (bicyclic) bond motifs is 1. The Morgan fingerprint density at radius 2 is 0.737 bits per heavy atom. The van der Waals surface area contributed by atoms with Crippen LogP contribution in [0.4, 0.5) is 0 Å². The molecule has 9 nitrogen and oxygen atoms in total. The molecule has 0 saturated carbocycles. The Morgan fingerprint density at radius 1 is 0.250 bits per heavy atom. The van der Waals surface area contributed by atoms with Crippen LogP contribution < -0.4 is 0 Å². The summed E-state index contributed by atoms with van der Waals surface area (Å²) >= 11 is 0. The summed E-state index contributed by atoms with van der Waals surface area (Å²) in [7, 11) is 0. The molecule has 76 heavy (non-hydrogen) atoms. The summed E-state index contributed by atoms with van der Waals surface area (Å²) in [6.45, 7) is 34.5. The maximum atomic E-state index is 4.18. The van der Waals surface area contributed by atoms with Gasteiger partial charge < -0.3 is 0 Å². The van der Waals surface area contributed by atoms with E-state index in [1.54, 1.807) is 37.4 Å². The highest BCUT2D eigenvalue weighted by Crippen LogP contribution is 2.21. The van der Waals surface area contributed by atoms with Crippen molar-refractivity contribution in [3.8, 4) is 0 Å². The Balaban J connectivity index is 0.000000298. The summed E-state index contributed by atoms with van der Waals surface area (Å²) in [5, 5.41) is 2.67. The highest BCUT2D eigenvalue weighted by Gasteiger charge is 2.01. The van der Waals surface area contributed by atoms with Gasteiger partial charge in [-0.1, -0.05) is 196 Å². The first kappa shape index (κ1) is 64.7. The molecule has 0 saturated heterocycles. The topological polar surface area (TPSA) is 116 Å². The van der Waals surface area contributed by atoms with Gasteiger partial charge in [0, 0.05) is 79.3 Å². The quantitative estimate of drug-likeness (QED) is 0.147. The number of hydrogen-bond acceptors (Lipinski definition) is 9. The van der Waals surface area contributed by atoms with Gasteiger partial charge in [0.2, 0.25) is 0 Å². The molecule has 0 unspecified atom stereocenters. The van der Waals surface area contributed by atoms with Crippen molar-refractivity contribution in [2.24, 2.45) is 0 Å². The summed E-state index contributed by atoms with van der Waals surface area (Å²) in [5.74, 6) is 5.43. The van der Waals surface area contributed by atoms with Gasteiger partial charge in [0.15, 0.2) is 0 Å². The monoisotopic (exact) mass is 1020 g/mol. The number of rotatable bonds is 8. The molecule has 9 heteroatoms. The molecular weight excluding hydrogens is 931 g/mol. The molecule has 0 N–H and O–H groups in total. The lowest BCUT2D eigenvalue weighted by Gasteiger charge is -2.06. The standard InChI is InChI=1S/C13H14.C9H12.3C8H11N.3C7H10N2/c1-10(2)12-8-7-11-5-3-4-6-13(11)9-12;1-8(2)9-6-4-3-5-7-9;1-7(2)8-3-5-9-6-4-8;1-7(2)8-4-3-5-9-6-8;1-7(2)8-5-3-4-6-9-8;1-6(2)7-3-8-5-9-4-7;1-6(2)7-3-4-8-5-9-7;1-6(2)7-8-4-3-5-9-7/h3-10H,1-2H3;3-8H,1-2H3;3*3-7H,1-2H3;3*3-6H,1-2H3. The van der Waals surface area contributed by atoms with Crippen LogP contribution in [-0.4, -0.2) is 44.9 Å². The minimum Gasteiger partial charge on any atom is -0.265 e. The van der Waals surface area contributed by atoms with Crippen molar-refractivity contribution in [3.63, 3.8) is 0 Å². The second kappa shape index (κ2) is 38.2. The van der Waals surface area contributed by atoms with Crippen molar-refractivity contribution in [3.05, 3.63) is 247 Å². The maximum Gasteiger partial charge on any atom is 0.130 e. The number of nitrogens with zero attached hydrogens (tertiary/aromatic N) is 9. The second-order valence-corrected chi connectivity index (χ2v) is 20.5. The molecule has 9 aromatic rings. The van der Waals surface area contributed by atoms with Gasteiger partial charge in [0.1, 0.15) is 18.5 Å². The van der Waals surface area contributed by atoms with Crippen molar-refractivity contribution >= 4 is 10.8 Å². The van der Waals surface area contributed by atoms with Gasteiger partial charge in [-0.05, 0) is 122 Å². The van der Waals surface area contributed by atoms with E-state index in [1.807, 2.05) is 91.8 Å². The first-order chi connectivity index (χ1) is 36.4. The summed E-state index contributed by atoms with van der Waals surface area (Å²) in [5.41, 5.74) is 8.94. The molecule has 0 aliphatic heterocycles. The molecule has 0 fully saturated rings. The lowest BCUT2D eigenvalue weighted by molar-refractivity contribution is 0.774. The highest BCUT2D eigenvalue weighted by atomic mass is 14.9. The van der Waals surface area contributed by atoms with Gasteiger partial charge in [-0.3, -0.25) is 15.0 Å². The van der Waals surface area contributed by atoms with Crippen LogP contribution in [0.5, 0.6) is 0 Å². The van der Waals surface area contributed by atoms with Crippen LogP contribution in [0.3, 0.4) is 0 Å². The minimum atomic E-state index is 0.436. The molecule has 0 aliphatic carbocycles. The van der Waals surface area contributed by atoms with E-state index in [1.165, 1.54) is 38.6 Å². The van der Waals surface area contributed by atoms with E-state index < -0.39 is 0 Å². The van der Waals surface area contributed by atoms with Crippen LogP contribution in [0.2, 0.25) is 0 Å². The van der Waals surface area contributed by atoms with Gasteiger partial charge >= 0.3 is 0 Å². The average Bonchev–Trinajstić information content (AvgIpc) is 3.45. The zero-order chi connectivity index (χ0) is 56.1. The van der Waals surface area contributed by atoms with Gasteiger partial charge in [-0.2, -0.15) is 0 Å². The molecule has 0 aliphatic rings. The number of pyridine rings is 3. The fourth-order valence-corrected chi connectivity index (χ4v) is 6.45. The Kier molecular flexibility index (Phi) is 32.5. The molecule has 402 valence electrons. The molecular formula is C67H89N9. The third-order valence-electron chi connectivity index (χ3n) is 11.5. The Bertz CT molecular complexity index is 2310. The van der Waals surface area contributed by atoms with Crippen LogP contribution in [0.25, 0.3) is 10.8 Å². The fourth-order valence-electron chi connectivity index (χ4n) is 6.45. The van der Waals surface area contributed by atoms with Crippen molar-refractivity contribution in [2.75, 3.05) is 0 Å². The largest absolute Gasteiger partial charge is 0.265 e. The maximum absolute atomic E-state index is 4.18. The van der Waals surface area contributed by atoms with Gasteiger partial charge in [-0.25, -0.2) is 29.9 Å². The lowest BCUT2D eigenvalue weighted by atomic mass is 9.99. The van der Waals surface area contributed by atoms with Gasteiger partial charge in [-0.15, -0.1) is 0 Å². The predicted octanol–water partition coefficient (Wildman–Crippen LogP) is 18.2. The van der Waals surface area contributed by atoms with E-state index in [0.29, 0.717) is 47.3 Å². The SMILES string of the molecule is CC(C)c1ccc2ccccc2c1.CC(C)c1ccccc1.CC(C)c1ccccn1.CC(C)c1cccnc1.CC(C)c1ccncc1.CC(C)c1ccncn1.CC(C)c1cncnc1.CC(C)c1ncccn1. The van der Waals surface area contributed by atoms with Crippen molar-refractivity contribution in [1.82, 2.24) is 44.9 Å². The third-order valence-corrected chi connectivity index (χ3v) is 11.5. The average molecular weight is 1020 g/mol. The molecule has 6 heterocycles. The molecule has 3 aromatic carbocycles. The number of benzene rings is 3. The summed E-state index contributed by atoms with van der Waals surface area (Å²) in [4.78, 5) is 35.9. The lowest BCUT2D eigenvalue weighted by Crippen LogP contribution is -1.93. The molecule has 0 bridgehead atoms. The molecule has 0 atom stereocenters. The molecule has 9 rings (SSSR count). The van der Waals surface area contributed by atoms with E-state index in [2.05, 4.69) is 228 Å². The Labute approximate surface area is 458 Å². The first-order valence-corrected chi connectivity index (χ1v) is 26.9. The predicted molar refractivity (Wildman–Crippen MR) is 322 cm³/mol. The van der Waals surface area contributed by atoms with E-state index in [0.717, 1.165) is 17.2 Å². The van der Waals surface area contributed by atoms with Crippen LogP contribution >= 0.6 is 0 Å². The van der Waals surface area contributed by atoms with Crippen LogP contribution in [0.15, 0.2) is 202 Å². The van der Waals surface area contributed by atoms with E-state index >= 15 is 0 Å². The van der Waals surface area contributed by atoms with Gasteiger partial charge in [0.25, 0.3) is 0 Å². The third kappa shape index (κ3) is 28.3. The van der Waals surface area contributed by atoms with Crippen molar-refractivity contribution in [1.29, 1.82) is 0 Å². The molecule has 0 amide bonds. The van der Waals surface area contributed by atoms with E-state index in [9.17, 15) is 0 Å². The summed E-state index contributed by atoms with van der Waals surface area (Å²) in [6.07, 6.45) is 21.3. The fraction of sp³-hybridized carbons (Fsp3) is 0.358. The highest BCUT2D eigenvalue weighted by molar-refractivity contribution is 5.83. The van der Waals surface area contributed by atoms with Crippen molar-refractivity contribution in [2.45, 2.75) is 158 Å². The Hall–Kier alpha value is -7.39. The molecule has 6 aromatic heterocycles. The normalized spacial score (nSPS) is 10.3. The van der Waals surface area contributed by atoms with Crippen LogP contribution in [-0.2, 0) is 0 Å². The van der Waals surface area contributed by atoms with Gasteiger partial charge in [0.05, 0.1) is 0 Å². The first-order valence-electron chi connectivity index (χ1n) is 26.9. The smallest absolute Gasteiger partial charge is 0.130 e. The molecule has 0 radical (unpaired) electrons. The van der Waals surface area contributed by atoms with E-state index in [-0.39, 0.29) is 0 Å². The summed E-state index contributed by atoms with van der Waals surface area (Å²) in [6, 6.07) is 43.6. The van der Waals surface area contributed by atoms with Crippen molar-refractivity contribution < 1.29 is 0 Å². The zero-order valence-corrected chi connectivity index (χ0v) is 48.7. The minimum absolute atomic E-state index is 0.436. The second-order valence-electron chi connectivity index (χ2n) is 20.5. The summed E-state index contributed by atoms with van der Waals surface area (Å²) < 4.78 is 0.